The van der Waals surface area contributed by atoms with Crippen molar-refractivity contribution < 1.29 is 0 Å². The third kappa shape index (κ3) is 1.65. The van der Waals surface area contributed by atoms with Gasteiger partial charge in [-0.1, -0.05) is 36.2 Å². The summed E-state index contributed by atoms with van der Waals surface area (Å²) in [5.74, 6) is 0. The molecule has 0 unspecified atom stereocenters. The predicted molar refractivity (Wildman–Crippen MR) is 44.7 cm³/mol. The smallest absolute Gasteiger partial charge is 0.0674 e. The molecule has 1 aromatic rings. The molecule has 0 spiro atoms. The fourth-order valence-corrected chi connectivity index (χ4v) is 0.990. The SMILES string of the molecule is CCc1[c]c(Cl)c(Cl)cc1. The van der Waals surface area contributed by atoms with Crippen LogP contribution in [0.5, 0.6) is 0 Å². The van der Waals surface area contributed by atoms with Crippen LogP contribution >= 0.6 is 23.2 Å². The lowest BCUT2D eigenvalue weighted by molar-refractivity contribution is 1.14. The Labute approximate surface area is 70.8 Å². The van der Waals surface area contributed by atoms with Gasteiger partial charge in [-0.15, -0.1) is 0 Å². The largest absolute Gasteiger partial charge is 0.0827 e. The van der Waals surface area contributed by atoms with Crippen molar-refractivity contribution >= 4 is 23.2 Å². The van der Waals surface area contributed by atoms with Crippen molar-refractivity contribution in [2.45, 2.75) is 13.3 Å². The van der Waals surface area contributed by atoms with E-state index in [1.807, 2.05) is 6.07 Å². The number of benzene rings is 1. The third-order valence-electron chi connectivity index (χ3n) is 1.29. The highest BCUT2D eigenvalue weighted by Crippen LogP contribution is 2.21. The zero-order chi connectivity index (χ0) is 7.56. The second-order valence-electron chi connectivity index (χ2n) is 2.00. The summed E-state index contributed by atoms with van der Waals surface area (Å²) < 4.78 is 0. The van der Waals surface area contributed by atoms with E-state index in [-0.39, 0.29) is 0 Å². The molecule has 1 radical (unpaired) electrons. The first-order valence-corrected chi connectivity index (χ1v) is 3.86. The van der Waals surface area contributed by atoms with Crippen molar-refractivity contribution in [3.63, 3.8) is 0 Å². The summed E-state index contributed by atoms with van der Waals surface area (Å²) in [5, 5.41) is 1.08. The molecule has 0 aliphatic carbocycles. The molecule has 53 valence electrons. The van der Waals surface area contributed by atoms with E-state index in [0.29, 0.717) is 10.0 Å². The van der Waals surface area contributed by atoms with E-state index >= 15 is 0 Å². The van der Waals surface area contributed by atoms with Gasteiger partial charge in [-0.05, 0) is 18.1 Å². The molecule has 0 aliphatic heterocycles. The van der Waals surface area contributed by atoms with Crippen LogP contribution in [0.25, 0.3) is 0 Å². The van der Waals surface area contributed by atoms with Gasteiger partial charge in [0, 0.05) is 6.07 Å². The maximum Gasteiger partial charge on any atom is 0.0674 e. The van der Waals surface area contributed by atoms with E-state index in [2.05, 4.69) is 13.0 Å². The lowest BCUT2D eigenvalue weighted by Gasteiger charge is -1.96. The predicted octanol–water partition coefficient (Wildman–Crippen LogP) is 3.36. The normalized spacial score (nSPS) is 9.90. The standard InChI is InChI=1S/C8H7Cl2/c1-2-6-3-4-7(9)8(10)5-6/h3-4H,2H2,1H3. The number of hydrogen-bond donors (Lipinski definition) is 0. The van der Waals surface area contributed by atoms with Crippen molar-refractivity contribution in [3.05, 3.63) is 33.8 Å². The Morgan fingerprint density at radius 2 is 2.10 bits per heavy atom. The molecule has 2 heteroatoms. The molecular formula is C8H7Cl2. The highest BCUT2D eigenvalue weighted by Gasteiger charge is 1.96. The van der Waals surface area contributed by atoms with Crippen molar-refractivity contribution in [1.29, 1.82) is 0 Å². The summed E-state index contributed by atoms with van der Waals surface area (Å²) in [4.78, 5) is 0. The summed E-state index contributed by atoms with van der Waals surface area (Å²) >= 11 is 11.4. The number of halogens is 2. The van der Waals surface area contributed by atoms with Crippen LogP contribution in [0.3, 0.4) is 0 Å². The summed E-state index contributed by atoms with van der Waals surface area (Å²) in [6.45, 7) is 2.05. The molecule has 0 nitrogen and oxygen atoms in total. The van der Waals surface area contributed by atoms with E-state index in [1.165, 1.54) is 0 Å². The second kappa shape index (κ2) is 3.27. The molecule has 0 saturated carbocycles. The van der Waals surface area contributed by atoms with Gasteiger partial charge in [-0.25, -0.2) is 0 Å². The Balaban J connectivity index is 3.04. The zero-order valence-corrected chi connectivity index (χ0v) is 7.13. The van der Waals surface area contributed by atoms with E-state index in [9.17, 15) is 0 Å². The summed E-state index contributed by atoms with van der Waals surface area (Å²) in [6.07, 6.45) is 0.941. The van der Waals surface area contributed by atoms with Crippen LogP contribution in [0.1, 0.15) is 12.5 Å². The van der Waals surface area contributed by atoms with Gasteiger partial charge in [0.15, 0.2) is 0 Å². The molecule has 0 saturated heterocycles. The number of aryl methyl sites for hydroxylation is 1. The first-order chi connectivity index (χ1) is 4.74. The highest BCUT2D eigenvalue weighted by molar-refractivity contribution is 6.41. The minimum Gasteiger partial charge on any atom is -0.0827 e. The monoisotopic (exact) mass is 173 g/mol. The quantitative estimate of drug-likeness (QED) is 0.612. The number of hydrogen-bond acceptors (Lipinski definition) is 0. The van der Waals surface area contributed by atoms with Gasteiger partial charge in [0.25, 0.3) is 0 Å². The van der Waals surface area contributed by atoms with Crippen molar-refractivity contribution in [2.24, 2.45) is 0 Å². The first kappa shape index (κ1) is 7.90. The van der Waals surface area contributed by atoms with Crippen molar-refractivity contribution in [2.75, 3.05) is 0 Å². The fraction of sp³-hybridized carbons (Fsp3) is 0.250. The molecule has 10 heavy (non-hydrogen) atoms. The van der Waals surface area contributed by atoms with Gasteiger partial charge in [0.05, 0.1) is 10.0 Å². The summed E-state index contributed by atoms with van der Waals surface area (Å²) in [5.41, 5.74) is 1.09. The Kier molecular flexibility index (Phi) is 2.58. The minimum atomic E-state index is 0.515. The molecule has 0 fully saturated rings. The van der Waals surface area contributed by atoms with E-state index in [1.54, 1.807) is 6.07 Å². The average Bonchev–Trinajstić information content (AvgIpc) is 1.95. The van der Waals surface area contributed by atoms with Crippen LogP contribution in [0, 0.1) is 6.07 Å². The van der Waals surface area contributed by atoms with Gasteiger partial charge in [0.2, 0.25) is 0 Å². The molecule has 0 atom stereocenters. The van der Waals surface area contributed by atoms with Gasteiger partial charge >= 0.3 is 0 Å². The van der Waals surface area contributed by atoms with Crippen molar-refractivity contribution in [1.82, 2.24) is 0 Å². The van der Waals surface area contributed by atoms with E-state index in [4.69, 9.17) is 23.2 Å². The Morgan fingerprint density at radius 3 is 2.60 bits per heavy atom. The third-order valence-corrected chi connectivity index (χ3v) is 2.00. The lowest BCUT2D eigenvalue weighted by atomic mass is 10.2. The molecule has 1 rings (SSSR count). The van der Waals surface area contributed by atoms with Crippen molar-refractivity contribution in [3.8, 4) is 0 Å². The van der Waals surface area contributed by atoms with Crippen LogP contribution in [-0.4, -0.2) is 0 Å². The van der Waals surface area contributed by atoms with Crippen LogP contribution in [0.2, 0.25) is 10.0 Å². The maximum absolute atomic E-state index is 5.71. The second-order valence-corrected chi connectivity index (χ2v) is 2.78. The van der Waals surface area contributed by atoms with Crippen LogP contribution in [-0.2, 0) is 6.42 Å². The van der Waals surface area contributed by atoms with Gasteiger partial charge < -0.3 is 0 Å². The topological polar surface area (TPSA) is 0 Å². The van der Waals surface area contributed by atoms with Crippen LogP contribution in [0.15, 0.2) is 12.1 Å². The van der Waals surface area contributed by atoms with Gasteiger partial charge in [-0.2, -0.15) is 0 Å². The first-order valence-electron chi connectivity index (χ1n) is 3.10. The summed E-state index contributed by atoms with van der Waals surface area (Å²) in [7, 11) is 0. The van der Waals surface area contributed by atoms with E-state index in [0.717, 1.165) is 12.0 Å². The lowest BCUT2D eigenvalue weighted by Crippen LogP contribution is -1.79. The Bertz CT molecular complexity index is 231. The molecule has 0 bridgehead atoms. The molecule has 0 N–H and O–H groups in total. The average molecular weight is 174 g/mol. The van der Waals surface area contributed by atoms with Crippen LogP contribution < -0.4 is 0 Å². The number of rotatable bonds is 1. The van der Waals surface area contributed by atoms with Gasteiger partial charge in [0.1, 0.15) is 0 Å². The molecule has 0 aliphatic rings. The molecular weight excluding hydrogens is 167 g/mol. The molecule has 1 aromatic carbocycles. The highest BCUT2D eigenvalue weighted by atomic mass is 35.5. The molecule has 0 heterocycles. The fourth-order valence-electron chi connectivity index (χ4n) is 0.695. The summed E-state index contributed by atoms with van der Waals surface area (Å²) in [6, 6.07) is 6.67. The molecule has 0 amide bonds. The Hall–Kier alpha value is -0.200. The van der Waals surface area contributed by atoms with Gasteiger partial charge in [-0.3, -0.25) is 0 Å². The van der Waals surface area contributed by atoms with E-state index < -0.39 is 0 Å². The minimum absolute atomic E-state index is 0.515. The molecule has 0 aromatic heterocycles. The van der Waals surface area contributed by atoms with Crippen LogP contribution in [0.4, 0.5) is 0 Å². The maximum atomic E-state index is 5.71. The Morgan fingerprint density at radius 1 is 1.40 bits per heavy atom. The zero-order valence-electron chi connectivity index (χ0n) is 5.62.